The van der Waals surface area contributed by atoms with Gasteiger partial charge in [-0.2, -0.15) is 0 Å². The first-order valence-corrected chi connectivity index (χ1v) is 5.96. The molecule has 0 aliphatic heterocycles. The van der Waals surface area contributed by atoms with Crippen LogP contribution in [0, 0.1) is 6.92 Å². The Morgan fingerprint density at radius 2 is 2.24 bits per heavy atom. The Bertz CT molecular complexity index is 393. The Labute approximate surface area is 108 Å². The van der Waals surface area contributed by atoms with Gasteiger partial charge in [-0.3, -0.25) is 0 Å². The zero-order chi connectivity index (χ0) is 12.8. The summed E-state index contributed by atoms with van der Waals surface area (Å²) in [6, 6.07) is 1.88. The SMILES string of the molecule is Cc1ccnc(OCCCN(C)C)c1C(N)=S. The minimum atomic E-state index is 0.332. The summed E-state index contributed by atoms with van der Waals surface area (Å²) in [7, 11) is 4.07. The van der Waals surface area contributed by atoms with E-state index in [4.69, 9.17) is 22.7 Å². The van der Waals surface area contributed by atoms with Gasteiger partial charge in [-0.15, -0.1) is 0 Å². The molecule has 0 fully saturated rings. The molecule has 0 saturated heterocycles. The minimum Gasteiger partial charge on any atom is -0.477 e. The fraction of sp³-hybridized carbons (Fsp3) is 0.500. The number of thiocarbonyl (C=S) groups is 1. The average Bonchev–Trinajstić information content (AvgIpc) is 2.23. The lowest BCUT2D eigenvalue weighted by Gasteiger charge is -2.13. The quantitative estimate of drug-likeness (QED) is 0.613. The van der Waals surface area contributed by atoms with Gasteiger partial charge in [-0.25, -0.2) is 4.98 Å². The Morgan fingerprint density at radius 1 is 1.53 bits per heavy atom. The van der Waals surface area contributed by atoms with Crippen molar-refractivity contribution in [3.05, 3.63) is 23.4 Å². The van der Waals surface area contributed by atoms with Crippen LogP contribution in [-0.2, 0) is 0 Å². The number of rotatable bonds is 6. The van der Waals surface area contributed by atoms with Crippen molar-refractivity contribution in [3.8, 4) is 5.88 Å². The molecule has 4 nitrogen and oxygen atoms in total. The fourth-order valence-corrected chi connectivity index (χ4v) is 1.74. The summed E-state index contributed by atoms with van der Waals surface area (Å²) in [5, 5.41) is 0. The van der Waals surface area contributed by atoms with E-state index in [-0.39, 0.29) is 0 Å². The number of nitrogens with zero attached hydrogens (tertiary/aromatic N) is 2. The van der Waals surface area contributed by atoms with Gasteiger partial charge in [0.1, 0.15) is 4.99 Å². The van der Waals surface area contributed by atoms with Crippen molar-refractivity contribution in [2.24, 2.45) is 5.73 Å². The van der Waals surface area contributed by atoms with Crippen molar-refractivity contribution in [1.82, 2.24) is 9.88 Å². The third-order valence-corrected chi connectivity index (χ3v) is 2.56. The fourth-order valence-electron chi connectivity index (χ4n) is 1.49. The predicted octanol–water partition coefficient (Wildman–Crippen LogP) is 1.35. The molecule has 1 aromatic rings. The van der Waals surface area contributed by atoms with Gasteiger partial charge in [0.25, 0.3) is 0 Å². The van der Waals surface area contributed by atoms with Gasteiger partial charge in [0, 0.05) is 12.7 Å². The van der Waals surface area contributed by atoms with Gasteiger partial charge in [-0.05, 0) is 39.1 Å². The number of hydrogen-bond acceptors (Lipinski definition) is 4. The largest absolute Gasteiger partial charge is 0.477 e. The first-order valence-electron chi connectivity index (χ1n) is 5.55. The first kappa shape index (κ1) is 13.9. The maximum atomic E-state index is 5.67. The highest BCUT2D eigenvalue weighted by Crippen LogP contribution is 2.18. The van der Waals surface area contributed by atoms with Crippen LogP contribution in [0.1, 0.15) is 17.5 Å². The summed E-state index contributed by atoms with van der Waals surface area (Å²) < 4.78 is 5.62. The van der Waals surface area contributed by atoms with Crippen LogP contribution in [-0.4, -0.2) is 42.1 Å². The molecule has 17 heavy (non-hydrogen) atoms. The molecular weight excluding hydrogens is 234 g/mol. The molecule has 0 saturated carbocycles. The van der Waals surface area contributed by atoms with E-state index in [1.807, 2.05) is 27.1 Å². The lowest BCUT2D eigenvalue weighted by atomic mass is 10.1. The second-order valence-corrected chi connectivity index (χ2v) is 4.62. The molecule has 0 atom stereocenters. The lowest BCUT2D eigenvalue weighted by molar-refractivity contribution is 0.272. The van der Waals surface area contributed by atoms with Crippen LogP contribution in [0.5, 0.6) is 5.88 Å². The predicted molar refractivity (Wildman–Crippen MR) is 73.5 cm³/mol. The lowest BCUT2D eigenvalue weighted by Crippen LogP contribution is -2.18. The summed E-state index contributed by atoms with van der Waals surface area (Å²) in [5.41, 5.74) is 7.41. The molecule has 0 aliphatic carbocycles. The zero-order valence-electron chi connectivity index (χ0n) is 10.6. The second kappa shape index (κ2) is 6.51. The van der Waals surface area contributed by atoms with Crippen LogP contribution in [0.3, 0.4) is 0 Å². The van der Waals surface area contributed by atoms with Crippen LogP contribution in [0.15, 0.2) is 12.3 Å². The van der Waals surface area contributed by atoms with E-state index in [1.165, 1.54) is 0 Å². The molecule has 0 spiro atoms. The van der Waals surface area contributed by atoms with E-state index < -0.39 is 0 Å². The first-order chi connectivity index (χ1) is 8.02. The van der Waals surface area contributed by atoms with E-state index in [0.29, 0.717) is 17.5 Å². The highest BCUT2D eigenvalue weighted by atomic mass is 32.1. The van der Waals surface area contributed by atoms with E-state index in [1.54, 1.807) is 6.20 Å². The molecule has 5 heteroatoms. The molecule has 0 radical (unpaired) electrons. The van der Waals surface area contributed by atoms with Crippen LogP contribution >= 0.6 is 12.2 Å². The molecule has 1 heterocycles. The molecule has 2 N–H and O–H groups in total. The Kier molecular flexibility index (Phi) is 5.31. The number of aromatic nitrogens is 1. The Morgan fingerprint density at radius 3 is 2.82 bits per heavy atom. The monoisotopic (exact) mass is 253 g/mol. The molecule has 0 amide bonds. The van der Waals surface area contributed by atoms with Crippen molar-refractivity contribution in [1.29, 1.82) is 0 Å². The standard InChI is InChI=1S/C12H19N3OS/c1-9-5-6-14-12(10(9)11(13)17)16-8-4-7-15(2)3/h5-6H,4,7-8H2,1-3H3,(H2,13,17). The smallest absolute Gasteiger partial charge is 0.223 e. The Balaban J connectivity index is 2.64. The highest BCUT2D eigenvalue weighted by Gasteiger charge is 2.10. The topological polar surface area (TPSA) is 51.4 Å². The highest BCUT2D eigenvalue weighted by molar-refractivity contribution is 7.80. The third-order valence-electron chi connectivity index (χ3n) is 2.36. The van der Waals surface area contributed by atoms with Crippen molar-refractivity contribution < 1.29 is 4.74 Å². The normalized spacial score (nSPS) is 10.6. The second-order valence-electron chi connectivity index (χ2n) is 4.18. The molecule has 0 unspecified atom stereocenters. The van der Waals surface area contributed by atoms with Crippen molar-refractivity contribution in [2.75, 3.05) is 27.2 Å². The van der Waals surface area contributed by atoms with Gasteiger partial charge in [0.15, 0.2) is 0 Å². The number of hydrogen-bond donors (Lipinski definition) is 1. The number of nitrogens with two attached hydrogens (primary N) is 1. The summed E-state index contributed by atoms with van der Waals surface area (Å²) in [4.78, 5) is 6.62. The van der Waals surface area contributed by atoms with Crippen molar-refractivity contribution in [3.63, 3.8) is 0 Å². The average molecular weight is 253 g/mol. The molecule has 0 aliphatic rings. The molecule has 1 aromatic heterocycles. The van der Waals surface area contributed by atoms with Crippen LogP contribution in [0.4, 0.5) is 0 Å². The van der Waals surface area contributed by atoms with Gasteiger partial charge in [-0.1, -0.05) is 12.2 Å². The zero-order valence-corrected chi connectivity index (χ0v) is 11.4. The van der Waals surface area contributed by atoms with Gasteiger partial charge in [0.05, 0.1) is 12.2 Å². The van der Waals surface area contributed by atoms with Crippen LogP contribution in [0.25, 0.3) is 0 Å². The molecule has 0 aromatic carbocycles. The minimum absolute atomic E-state index is 0.332. The molecule has 94 valence electrons. The maximum Gasteiger partial charge on any atom is 0.223 e. The summed E-state index contributed by atoms with van der Waals surface area (Å²) in [5.74, 6) is 0.538. The van der Waals surface area contributed by atoms with E-state index in [2.05, 4.69) is 9.88 Å². The third kappa shape index (κ3) is 4.28. The molecule has 0 bridgehead atoms. The summed E-state index contributed by atoms with van der Waals surface area (Å²) in [6.45, 7) is 3.54. The van der Waals surface area contributed by atoms with Crippen molar-refractivity contribution >= 4 is 17.2 Å². The van der Waals surface area contributed by atoms with Crippen LogP contribution in [0.2, 0.25) is 0 Å². The number of pyridine rings is 1. The Hall–Kier alpha value is -1.20. The molecule has 1 rings (SSSR count). The van der Waals surface area contributed by atoms with Crippen molar-refractivity contribution in [2.45, 2.75) is 13.3 Å². The number of ether oxygens (including phenoxy) is 1. The maximum absolute atomic E-state index is 5.67. The van der Waals surface area contributed by atoms with Gasteiger partial charge < -0.3 is 15.4 Å². The van der Waals surface area contributed by atoms with E-state index >= 15 is 0 Å². The van der Waals surface area contributed by atoms with Gasteiger partial charge in [0.2, 0.25) is 5.88 Å². The summed E-state index contributed by atoms with van der Waals surface area (Å²) >= 11 is 5.01. The van der Waals surface area contributed by atoms with Crippen LogP contribution < -0.4 is 10.5 Å². The van der Waals surface area contributed by atoms with E-state index in [9.17, 15) is 0 Å². The number of aryl methyl sites for hydroxylation is 1. The summed E-state index contributed by atoms with van der Waals surface area (Å²) in [6.07, 6.45) is 2.65. The van der Waals surface area contributed by atoms with E-state index in [0.717, 1.165) is 24.1 Å². The molecular formula is C12H19N3OS. The van der Waals surface area contributed by atoms with Gasteiger partial charge >= 0.3 is 0 Å².